The molecule has 0 saturated heterocycles. The van der Waals surface area contributed by atoms with E-state index in [0.29, 0.717) is 40.2 Å². The molecule has 78 heavy (non-hydrogen) atoms. The lowest BCUT2D eigenvalue weighted by Gasteiger charge is -2.50. The number of nitrogens with one attached hydrogen (secondary N) is 2. The first-order valence-corrected chi connectivity index (χ1v) is 30.1. The Morgan fingerprint density at radius 1 is 0.551 bits per heavy atom. The summed E-state index contributed by atoms with van der Waals surface area (Å²) in [5, 5.41) is 6.58. The zero-order valence-electron chi connectivity index (χ0n) is 50.4. The van der Waals surface area contributed by atoms with Crippen LogP contribution < -0.4 is 10.6 Å². The van der Waals surface area contributed by atoms with Crippen LogP contribution in [0.15, 0.2) is 76.9 Å². The van der Waals surface area contributed by atoms with E-state index in [1.54, 1.807) is 0 Å². The van der Waals surface area contributed by atoms with Gasteiger partial charge in [-0.25, -0.2) is 14.6 Å². The molecule has 1 aromatic heterocycles. The fraction of sp³-hybridized carbons (Fsp3) is 0.632. The highest BCUT2D eigenvalue weighted by Crippen LogP contribution is 2.53. The molecule has 2 heterocycles. The standard InChI is InChI=1S/C68H96N4O6/c1-41-36-47(65(3,4)5)57(48(37-41)66(6,7)8)77-63(75)55-53(43-28-20-16-21-29-43)51(69-59(55)70-61(73)45-32-24-18-25-33-45)40-52-54(44-30-22-17-23-31-44)56(60(72(52)15)71-62(74)46-34-26-19-27-35-46)64(76)78-58-49(67(9,10)11)38-42(2)39-50(58)68(12,13)14/h16-17,20-23,28-31,40-42,45-50,57-58H,18-19,24-27,32-39H2,1-15H3,(H,71,74)(H,69,70,73)/b51-40-. The van der Waals surface area contributed by atoms with Gasteiger partial charge in [-0.05, 0) is 102 Å². The van der Waals surface area contributed by atoms with Crippen molar-refractivity contribution in [3.05, 3.63) is 88.8 Å². The number of carbonyl (C=O) groups is 4. The van der Waals surface area contributed by atoms with E-state index in [2.05, 4.69) is 108 Å². The van der Waals surface area contributed by atoms with E-state index in [0.717, 1.165) is 101 Å². The number of allylic oxidation sites excluding steroid dienone is 1. The summed E-state index contributed by atoms with van der Waals surface area (Å²) in [4.78, 5) is 66.3. The maximum absolute atomic E-state index is 15.9. The first-order chi connectivity index (χ1) is 36.6. The van der Waals surface area contributed by atoms with Crippen LogP contribution in [0.3, 0.4) is 0 Å². The van der Waals surface area contributed by atoms with Gasteiger partial charge in [0.25, 0.3) is 0 Å². The number of hydrogen-bond acceptors (Lipinski definition) is 7. The minimum absolute atomic E-state index is 0.0791. The van der Waals surface area contributed by atoms with Crippen molar-refractivity contribution in [2.75, 3.05) is 5.32 Å². The fourth-order valence-electron chi connectivity index (χ4n) is 14.3. The van der Waals surface area contributed by atoms with Crippen molar-refractivity contribution in [2.45, 2.75) is 199 Å². The van der Waals surface area contributed by atoms with E-state index in [9.17, 15) is 9.59 Å². The monoisotopic (exact) mass is 1060 g/mol. The summed E-state index contributed by atoms with van der Waals surface area (Å²) in [6.07, 6.45) is 14.0. The van der Waals surface area contributed by atoms with E-state index < -0.39 is 18.0 Å². The number of amides is 2. The number of nitrogens with zero attached hydrogens (tertiary/aromatic N) is 2. The van der Waals surface area contributed by atoms with Crippen molar-refractivity contribution in [2.24, 2.45) is 81.0 Å². The van der Waals surface area contributed by atoms with Crippen LogP contribution in [0.2, 0.25) is 0 Å². The van der Waals surface area contributed by atoms with Gasteiger partial charge in [-0.2, -0.15) is 0 Å². The van der Waals surface area contributed by atoms with Crippen molar-refractivity contribution in [1.82, 2.24) is 9.88 Å². The minimum atomic E-state index is -0.522. The molecule has 424 valence electrons. The zero-order valence-corrected chi connectivity index (χ0v) is 50.4. The van der Waals surface area contributed by atoms with Gasteiger partial charge in [0.1, 0.15) is 35.0 Å². The molecular weight excluding hydrogens is 969 g/mol. The molecule has 10 heteroatoms. The van der Waals surface area contributed by atoms with Gasteiger partial charge in [0.2, 0.25) is 11.8 Å². The first kappa shape index (κ1) is 58.9. The molecule has 2 N–H and O–H groups in total. The van der Waals surface area contributed by atoms with Gasteiger partial charge < -0.3 is 24.7 Å². The average molecular weight is 1070 g/mol. The molecule has 3 aromatic rings. The van der Waals surface area contributed by atoms with Crippen LogP contribution in [0.5, 0.6) is 0 Å². The van der Waals surface area contributed by atoms with E-state index >= 15 is 9.59 Å². The van der Waals surface area contributed by atoms with Gasteiger partial charge in [0.15, 0.2) is 0 Å². The Hall–Kier alpha value is -5.25. The van der Waals surface area contributed by atoms with Crippen molar-refractivity contribution >= 4 is 47.1 Å². The Labute approximate surface area is 468 Å². The molecule has 4 atom stereocenters. The molecule has 0 radical (unpaired) electrons. The van der Waals surface area contributed by atoms with E-state index in [4.69, 9.17) is 14.5 Å². The van der Waals surface area contributed by atoms with E-state index in [1.165, 1.54) is 0 Å². The third kappa shape index (κ3) is 13.0. The Kier molecular flexibility index (Phi) is 17.7. The number of ether oxygens (including phenoxy) is 2. The van der Waals surface area contributed by atoms with Gasteiger partial charge in [-0.3, -0.25) is 9.59 Å². The van der Waals surface area contributed by atoms with Gasteiger partial charge >= 0.3 is 11.9 Å². The number of aromatic nitrogens is 1. The van der Waals surface area contributed by atoms with Gasteiger partial charge in [0, 0.05) is 53.7 Å². The van der Waals surface area contributed by atoms with Crippen LogP contribution >= 0.6 is 0 Å². The zero-order chi connectivity index (χ0) is 56.6. The summed E-state index contributed by atoms with van der Waals surface area (Å²) < 4.78 is 16.1. The molecule has 4 unspecified atom stereocenters. The number of esters is 2. The predicted molar refractivity (Wildman–Crippen MR) is 317 cm³/mol. The lowest BCUT2D eigenvalue weighted by molar-refractivity contribution is -0.164. The van der Waals surface area contributed by atoms with Gasteiger partial charge in [-0.15, -0.1) is 0 Å². The first-order valence-electron chi connectivity index (χ1n) is 30.1. The molecular formula is C68H96N4O6. The number of hydrogen-bond donors (Lipinski definition) is 2. The summed E-state index contributed by atoms with van der Waals surface area (Å²) in [6.45, 7) is 31.7. The normalized spacial score (nSPS) is 26.6. The Balaban J connectivity index is 1.37. The predicted octanol–water partition coefficient (Wildman–Crippen LogP) is 16.1. The SMILES string of the molecule is CC1CC(C(C)(C)C)C(OC(=O)C2=C(c3ccccc3)/C(=C/c3c(-c4ccccc4)c(C(=O)OC4C(C(C)(C)C)CC(C)CC4C(C)(C)C)c(NC(=O)C4CCCCC4)n3C)N=C2NC(=O)C2CCCCC2)C(C(C)(C)C)C1. The molecule has 2 amide bonds. The summed E-state index contributed by atoms with van der Waals surface area (Å²) in [7, 11) is 1.89. The van der Waals surface area contributed by atoms with Gasteiger partial charge in [-0.1, -0.05) is 196 Å². The Bertz CT molecular complexity index is 2690. The molecule has 0 bridgehead atoms. The second-order valence-corrected chi connectivity index (χ2v) is 28.9. The molecule has 4 aliphatic carbocycles. The molecule has 10 nitrogen and oxygen atoms in total. The lowest BCUT2D eigenvalue weighted by atomic mass is 9.59. The summed E-state index contributed by atoms with van der Waals surface area (Å²) in [5.41, 5.74) is 3.47. The van der Waals surface area contributed by atoms with Crippen LogP contribution in [0.4, 0.5) is 5.82 Å². The van der Waals surface area contributed by atoms with Crippen molar-refractivity contribution < 1.29 is 28.7 Å². The smallest absolute Gasteiger partial charge is 0.342 e. The lowest BCUT2D eigenvalue weighted by Crippen LogP contribution is -2.50. The largest absolute Gasteiger partial charge is 0.458 e. The number of amidine groups is 1. The number of aliphatic imine (C=N–C) groups is 1. The van der Waals surface area contributed by atoms with Crippen molar-refractivity contribution in [3.63, 3.8) is 0 Å². The fourth-order valence-corrected chi connectivity index (χ4v) is 14.3. The molecule has 0 spiro atoms. The summed E-state index contributed by atoms with van der Waals surface area (Å²) in [6, 6.07) is 19.6. The summed E-state index contributed by atoms with van der Waals surface area (Å²) in [5.74, 6) is 0.0665. The number of rotatable bonds is 10. The van der Waals surface area contributed by atoms with Crippen LogP contribution in [0.1, 0.15) is 208 Å². The number of benzene rings is 2. The minimum Gasteiger partial charge on any atom is -0.458 e. The van der Waals surface area contributed by atoms with Gasteiger partial charge in [0.05, 0.1) is 11.4 Å². The van der Waals surface area contributed by atoms with Crippen molar-refractivity contribution in [1.29, 1.82) is 0 Å². The van der Waals surface area contributed by atoms with Crippen LogP contribution in [0.25, 0.3) is 22.8 Å². The number of anilines is 1. The third-order valence-electron chi connectivity index (χ3n) is 18.8. The molecule has 8 rings (SSSR count). The third-order valence-corrected chi connectivity index (χ3v) is 18.8. The van der Waals surface area contributed by atoms with Crippen LogP contribution in [-0.4, -0.2) is 46.4 Å². The second kappa shape index (κ2) is 23.5. The number of carbonyl (C=O) groups excluding carboxylic acids is 4. The molecule has 1 aliphatic heterocycles. The quantitative estimate of drug-likeness (QED) is 0.195. The highest BCUT2D eigenvalue weighted by atomic mass is 16.5. The van der Waals surface area contributed by atoms with E-state index in [1.807, 2.05) is 78.4 Å². The van der Waals surface area contributed by atoms with E-state index in [-0.39, 0.29) is 92.1 Å². The summed E-state index contributed by atoms with van der Waals surface area (Å²) >= 11 is 0. The Morgan fingerprint density at radius 2 is 0.949 bits per heavy atom. The Morgan fingerprint density at radius 3 is 1.37 bits per heavy atom. The molecule has 4 fully saturated rings. The molecule has 4 saturated carbocycles. The highest BCUT2D eigenvalue weighted by Gasteiger charge is 2.51. The second-order valence-electron chi connectivity index (χ2n) is 28.9. The molecule has 5 aliphatic rings. The maximum atomic E-state index is 15.9. The average Bonchev–Trinajstić information content (AvgIpc) is 3.96. The topological polar surface area (TPSA) is 128 Å². The highest BCUT2D eigenvalue weighted by molar-refractivity contribution is 6.31. The molecule has 2 aromatic carbocycles. The van der Waals surface area contributed by atoms with Crippen LogP contribution in [0, 0.1) is 69.0 Å². The van der Waals surface area contributed by atoms with Crippen molar-refractivity contribution in [3.8, 4) is 11.1 Å². The maximum Gasteiger partial charge on any atom is 0.342 e. The van der Waals surface area contributed by atoms with Crippen LogP contribution in [-0.2, 0) is 30.9 Å².